The number of likely N-dealkylation sites (N-methyl/N-ethyl adjacent to an activating group) is 1. The van der Waals surface area contributed by atoms with E-state index in [-0.39, 0.29) is 11.6 Å². The average Bonchev–Trinajstić information content (AvgIpc) is 3.78. The van der Waals surface area contributed by atoms with Crippen molar-refractivity contribution >= 4 is 17.6 Å². The van der Waals surface area contributed by atoms with Gasteiger partial charge in [-0.2, -0.15) is 5.21 Å². The van der Waals surface area contributed by atoms with E-state index < -0.39 is 11.5 Å². The van der Waals surface area contributed by atoms with Gasteiger partial charge in [-0.1, -0.05) is 73.5 Å². The lowest BCUT2D eigenvalue weighted by molar-refractivity contribution is -0.155. The Morgan fingerprint density at radius 1 is 1.12 bits per heavy atom. The molecule has 5 aromatic rings. The number of halogens is 1. The second kappa shape index (κ2) is 12.7. The summed E-state index contributed by atoms with van der Waals surface area (Å²) in [5, 5.41) is 14.8. The number of hydrogen-bond donors (Lipinski definition) is 2. The van der Waals surface area contributed by atoms with E-state index in [1.54, 1.807) is 12.4 Å². The second-order valence-corrected chi connectivity index (χ2v) is 10.7. The van der Waals surface area contributed by atoms with E-state index in [1.807, 2.05) is 43.3 Å². The predicted molar refractivity (Wildman–Crippen MR) is 160 cm³/mol. The third kappa shape index (κ3) is 5.57. The summed E-state index contributed by atoms with van der Waals surface area (Å²) < 4.78 is 7.47. The highest BCUT2D eigenvalue weighted by atomic mass is 35.5. The number of methoxy groups -OCH3 is 1. The van der Waals surface area contributed by atoms with Crippen LogP contribution in [0.2, 0.25) is 5.15 Å². The smallest absolute Gasteiger partial charge is 0.333 e. The molecule has 0 saturated carbocycles. The lowest BCUT2D eigenvalue weighted by Crippen LogP contribution is -2.52. The number of benzene rings is 2. The molecule has 0 radical (unpaired) electrons. The van der Waals surface area contributed by atoms with Crippen molar-refractivity contribution in [1.29, 1.82) is 0 Å². The van der Waals surface area contributed by atoms with Crippen LogP contribution in [0, 0.1) is 0 Å². The topological polar surface area (TPSA) is 130 Å². The van der Waals surface area contributed by atoms with Crippen molar-refractivity contribution in [2.24, 2.45) is 0 Å². The number of aromatic nitrogens is 8. The van der Waals surface area contributed by atoms with Crippen LogP contribution >= 0.6 is 11.6 Å². The molecule has 11 nitrogen and oxygen atoms in total. The van der Waals surface area contributed by atoms with E-state index in [9.17, 15) is 4.79 Å². The molecule has 0 fully saturated rings. The number of esters is 1. The molecule has 2 N–H and O–H groups in total. The minimum atomic E-state index is -1.27. The Morgan fingerprint density at radius 2 is 1.88 bits per heavy atom. The van der Waals surface area contributed by atoms with Crippen molar-refractivity contribution in [3.8, 4) is 22.5 Å². The molecule has 3 aromatic heterocycles. The Morgan fingerprint density at radius 3 is 2.50 bits per heavy atom. The normalized spacial score (nSPS) is 12.9. The fraction of sp³-hybridized carbons (Fsp3) is 0.333. The molecule has 0 aliphatic carbocycles. The van der Waals surface area contributed by atoms with E-state index in [4.69, 9.17) is 21.3 Å². The van der Waals surface area contributed by atoms with E-state index in [0.29, 0.717) is 23.9 Å². The number of unbranched alkanes of at least 4 members (excludes halogenated alkanes) is 1. The standard InChI is InChI=1S/C30H34ClN9O2/c1-5-6-11-25-34-27(31)26(30(39(2)3,29(41)42-4)18-24-32-16-17-33-24)40(25)19-20-12-14-21(15-13-20)22-9-7-8-10-23(22)28-35-37-38-36-28/h7-10,12-17H,5-6,11,18-19H2,1-4H3,(H,32,33)(H,35,36,37,38)/t30-/m0/s1. The summed E-state index contributed by atoms with van der Waals surface area (Å²) in [6.07, 6.45) is 6.27. The third-order valence-electron chi connectivity index (χ3n) is 7.53. The van der Waals surface area contributed by atoms with Gasteiger partial charge in [0.2, 0.25) is 5.82 Å². The number of rotatable bonds is 12. The van der Waals surface area contributed by atoms with Crippen LogP contribution in [-0.2, 0) is 34.5 Å². The van der Waals surface area contributed by atoms with Gasteiger partial charge >= 0.3 is 5.97 Å². The summed E-state index contributed by atoms with van der Waals surface area (Å²) in [5.74, 6) is 1.55. The number of carbonyl (C=O) groups is 1. The van der Waals surface area contributed by atoms with Gasteiger partial charge < -0.3 is 14.3 Å². The van der Waals surface area contributed by atoms with Gasteiger partial charge in [0.15, 0.2) is 10.7 Å². The lowest BCUT2D eigenvalue weighted by Gasteiger charge is -2.37. The van der Waals surface area contributed by atoms with Gasteiger partial charge in [0.05, 0.1) is 12.8 Å². The van der Waals surface area contributed by atoms with Crippen molar-refractivity contribution in [3.63, 3.8) is 0 Å². The van der Waals surface area contributed by atoms with Crippen molar-refractivity contribution in [3.05, 3.63) is 89.0 Å². The van der Waals surface area contributed by atoms with Crippen LogP contribution in [0.4, 0.5) is 0 Å². The van der Waals surface area contributed by atoms with Gasteiger partial charge in [-0.05, 0) is 42.4 Å². The molecule has 0 aliphatic rings. The molecule has 218 valence electrons. The highest BCUT2D eigenvalue weighted by Crippen LogP contribution is 2.38. The number of carbonyl (C=O) groups excluding carboxylic acids is 1. The number of tetrazole rings is 1. The Labute approximate surface area is 249 Å². The van der Waals surface area contributed by atoms with Gasteiger partial charge in [0.1, 0.15) is 11.6 Å². The summed E-state index contributed by atoms with van der Waals surface area (Å²) in [6.45, 7) is 2.60. The SMILES string of the molecule is CCCCc1nc(Cl)c([C@@](Cc2ncc[nH]2)(C(=O)OC)N(C)C)n1Cc1ccc(-c2ccccc2-c2nn[nH]n2)cc1. The molecule has 42 heavy (non-hydrogen) atoms. The summed E-state index contributed by atoms with van der Waals surface area (Å²) >= 11 is 6.92. The number of ether oxygens (including phenoxy) is 1. The molecule has 0 amide bonds. The van der Waals surface area contributed by atoms with E-state index in [2.05, 4.69) is 66.3 Å². The minimum Gasteiger partial charge on any atom is -0.467 e. The summed E-state index contributed by atoms with van der Waals surface area (Å²) in [5.41, 5.74) is 3.23. The van der Waals surface area contributed by atoms with Crippen LogP contribution in [0.5, 0.6) is 0 Å². The number of H-pyrrole nitrogens is 2. The summed E-state index contributed by atoms with van der Waals surface area (Å²) in [7, 11) is 5.07. The molecule has 12 heteroatoms. The van der Waals surface area contributed by atoms with Crippen molar-refractivity contribution in [2.75, 3.05) is 21.2 Å². The number of imidazole rings is 2. The maximum atomic E-state index is 13.7. The molecular weight excluding hydrogens is 554 g/mol. The van der Waals surface area contributed by atoms with Crippen LogP contribution in [0.1, 0.15) is 42.7 Å². The van der Waals surface area contributed by atoms with Crippen LogP contribution < -0.4 is 0 Å². The Bertz CT molecular complexity index is 1610. The van der Waals surface area contributed by atoms with Crippen molar-refractivity contribution in [2.45, 2.75) is 44.7 Å². The molecule has 0 unspecified atom stereocenters. The maximum Gasteiger partial charge on any atom is 0.333 e. The Hall–Kier alpha value is -4.35. The molecule has 0 spiro atoms. The number of nitrogens with zero attached hydrogens (tertiary/aromatic N) is 7. The fourth-order valence-electron chi connectivity index (χ4n) is 5.35. The molecule has 1 atom stereocenters. The highest BCUT2D eigenvalue weighted by Gasteiger charge is 2.49. The number of aromatic amines is 2. The summed E-state index contributed by atoms with van der Waals surface area (Å²) in [4.78, 5) is 27.9. The highest BCUT2D eigenvalue weighted by molar-refractivity contribution is 6.30. The molecule has 3 heterocycles. The van der Waals surface area contributed by atoms with Crippen molar-refractivity contribution in [1.82, 2.24) is 45.0 Å². The molecular formula is C30H34ClN9O2. The number of hydrogen-bond acceptors (Lipinski definition) is 8. The minimum absolute atomic E-state index is 0.226. The first kappa shape index (κ1) is 29.2. The largest absolute Gasteiger partial charge is 0.467 e. The molecule has 0 saturated heterocycles. The van der Waals surface area contributed by atoms with Gasteiger partial charge in [-0.25, -0.2) is 14.8 Å². The van der Waals surface area contributed by atoms with Crippen LogP contribution in [-0.4, -0.2) is 72.2 Å². The molecule has 0 bridgehead atoms. The first-order chi connectivity index (χ1) is 20.4. The second-order valence-electron chi connectivity index (χ2n) is 10.3. The monoisotopic (exact) mass is 587 g/mol. The Kier molecular flexibility index (Phi) is 8.79. The van der Waals surface area contributed by atoms with Crippen molar-refractivity contribution < 1.29 is 9.53 Å². The lowest BCUT2D eigenvalue weighted by atomic mass is 9.89. The Balaban J connectivity index is 1.58. The van der Waals surface area contributed by atoms with Crippen LogP contribution in [0.25, 0.3) is 22.5 Å². The zero-order valence-electron chi connectivity index (χ0n) is 24.1. The van der Waals surface area contributed by atoms with Gasteiger partial charge in [0.25, 0.3) is 0 Å². The fourth-order valence-corrected chi connectivity index (χ4v) is 5.70. The third-order valence-corrected chi connectivity index (χ3v) is 7.80. The maximum absolute atomic E-state index is 13.7. The molecule has 0 aliphatic heterocycles. The predicted octanol–water partition coefficient (Wildman–Crippen LogP) is 4.67. The van der Waals surface area contributed by atoms with E-state index in [0.717, 1.165) is 47.3 Å². The first-order valence-corrected chi connectivity index (χ1v) is 14.2. The van der Waals surface area contributed by atoms with Gasteiger partial charge in [-0.15, -0.1) is 10.2 Å². The van der Waals surface area contributed by atoms with Crippen LogP contribution in [0.3, 0.4) is 0 Å². The zero-order valence-corrected chi connectivity index (χ0v) is 24.9. The molecule has 5 rings (SSSR count). The van der Waals surface area contributed by atoms with Gasteiger partial charge in [-0.3, -0.25) is 4.90 Å². The van der Waals surface area contributed by atoms with Crippen LogP contribution in [0.15, 0.2) is 60.9 Å². The number of aryl methyl sites for hydroxylation is 1. The summed E-state index contributed by atoms with van der Waals surface area (Å²) in [6, 6.07) is 16.2. The molecule has 2 aromatic carbocycles. The quantitative estimate of drug-likeness (QED) is 0.201. The zero-order chi connectivity index (χ0) is 29.7. The average molecular weight is 588 g/mol. The number of nitrogens with one attached hydrogen (secondary N) is 2. The van der Waals surface area contributed by atoms with E-state index in [1.165, 1.54) is 7.11 Å². The van der Waals surface area contributed by atoms with E-state index >= 15 is 0 Å². The van der Waals surface area contributed by atoms with Gasteiger partial charge in [0, 0.05) is 37.3 Å². The first-order valence-electron chi connectivity index (χ1n) is 13.8.